The Labute approximate surface area is 154 Å². The van der Waals surface area contributed by atoms with Crippen LogP contribution in [0.3, 0.4) is 0 Å². The number of hydrogen-bond acceptors (Lipinski definition) is 5. The van der Waals surface area contributed by atoms with Gasteiger partial charge < -0.3 is 15.4 Å². The lowest BCUT2D eigenvalue weighted by molar-refractivity contribution is 0.102. The minimum Gasteiger partial charge on any atom is -0.492 e. The maximum Gasteiger partial charge on any atom is 0.258 e. The van der Waals surface area contributed by atoms with Gasteiger partial charge in [-0.25, -0.2) is 0 Å². The van der Waals surface area contributed by atoms with E-state index in [1.165, 1.54) is 11.3 Å². The summed E-state index contributed by atoms with van der Waals surface area (Å²) in [5.74, 6) is -0.0111. The molecule has 2 aromatic heterocycles. The van der Waals surface area contributed by atoms with E-state index in [0.29, 0.717) is 34.2 Å². The largest absolute Gasteiger partial charge is 0.492 e. The molecule has 0 aliphatic rings. The number of carbonyl (C=O) groups is 2. The number of amides is 2. The van der Waals surface area contributed by atoms with Crippen molar-refractivity contribution >= 4 is 33.8 Å². The first-order valence-electron chi connectivity index (χ1n) is 8.01. The van der Waals surface area contributed by atoms with E-state index in [4.69, 9.17) is 4.74 Å². The number of hydrogen-bond donors (Lipinski definition) is 2. The monoisotopic (exact) mass is 367 g/mol. The number of para-hydroxylation sites is 2. The van der Waals surface area contributed by atoms with Gasteiger partial charge in [-0.2, -0.15) is 0 Å². The van der Waals surface area contributed by atoms with Crippen LogP contribution in [0.2, 0.25) is 0 Å². The van der Waals surface area contributed by atoms with E-state index in [0.717, 1.165) is 0 Å². The van der Waals surface area contributed by atoms with Crippen molar-refractivity contribution in [2.75, 3.05) is 17.2 Å². The Kier molecular flexibility index (Phi) is 5.60. The number of anilines is 2. The lowest BCUT2D eigenvalue weighted by atomic mass is 10.2. The molecule has 0 radical (unpaired) electrons. The van der Waals surface area contributed by atoms with E-state index in [2.05, 4.69) is 15.6 Å². The lowest BCUT2D eigenvalue weighted by Gasteiger charge is -2.11. The molecule has 3 aromatic rings. The molecule has 0 atom stereocenters. The first kappa shape index (κ1) is 17.6. The molecule has 0 bridgehead atoms. The summed E-state index contributed by atoms with van der Waals surface area (Å²) in [5.41, 5.74) is 1.45. The summed E-state index contributed by atoms with van der Waals surface area (Å²) >= 11 is 1.29. The molecule has 2 amide bonds. The molecule has 2 N–H and O–H groups in total. The summed E-state index contributed by atoms with van der Waals surface area (Å²) in [6.07, 6.45) is 3.09. The Bertz CT molecular complexity index is 909. The Morgan fingerprint density at radius 1 is 1.04 bits per heavy atom. The first-order valence-corrected chi connectivity index (χ1v) is 8.89. The second-order valence-corrected chi connectivity index (χ2v) is 6.15. The summed E-state index contributed by atoms with van der Waals surface area (Å²) in [4.78, 5) is 28.8. The summed E-state index contributed by atoms with van der Waals surface area (Å²) in [6.45, 7) is 2.38. The van der Waals surface area contributed by atoms with Crippen LogP contribution in [0.15, 0.2) is 60.2 Å². The van der Waals surface area contributed by atoms with Crippen LogP contribution in [-0.4, -0.2) is 23.4 Å². The van der Waals surface area contributed by atoms with Crippen LogP contribution >= 0.6 is 11.3 Å². The molecule has 1 aromatic carbocycles. The van der Waals surface area contributed by atoms with Crippen molar-refractivity contribution in [3.05, 3.63) is 71.4 Å². The molecular formula is C19H17N3O3S. The van der Waals surface area contributed by atoms with Gasteiger partial charge in [-0.15, -0.1) is 11.3 Å². The topological polar surface area (TPSA) is 80.3 Å². The zero-order chi connectivity index (χ0) is 18.4. The fourth-order valence-corrected chi connectivity index (χ4v) is 3.08. The van der Waals surface area contributed by atoms with E-state index < -0.39 is 0 Å². The van der Waals surface area contributed by atoms with Crippen molar-refractivity contribution < 1.29 is 14.3 Å². The number of rotatable bonds is 6. The molecule has 0 aliphatic carbocycles. The van der Waals surface area contributed by atoms with Crippen LogP contribution in [-0.2, 0) is 0 Å². The van der Waals surface area contributed by atoms with E-state index in [1.807, 2.05) is 19.1 Å². The second-order valence-electron chi connectivity index (χ2n) is 5.24. The van der Waals surface area contributed by atoms with E-state index in [1.54, 1.807) is 48.1 Å². The number of aromatic nitrogens is 1. The van der Waals surface area contributed by atoms with Crippen molar-refractivity contribution in [2.45, 2.75) is 6.92 Å². The summed E-state index contributed by atoms with van der Waals surface area (Å²) in [5, 5.41) is 7.85. The van der Waals surface area contributed by atoms with Gasteiger partial charge in [0, 0.05) is 18.0 Å². The number of nitrogens with one attached hydrogen (secondary N) is 2. The van der Waals surface area contributed by atoms with Crippen molar-refractivity contribution in [1.29, 1.82) is 0 Å². The highest BCUT2D eigenvalue weighted by atomic mass is 32.1. The molecule has 0 fully saturated rings. The van der Waals surface area contributed by atoms with Crippen molar-refractivity contribution in [1.82, 2.24) is 4.98 Å². The highest BCUT2D eigenvalue weighted by Crippen LogP contribution is 2.28. The number of carbonyl (C=O) groups excluding carboxylic acids is 2. The van der Waals surface area contributed by atoms with Crippen LogP contribution in [0.4, 0.5) is 10.7 Å². The van der Waals surface area contributed by atoms with E-state index in [-0.39, 0.29) is 11.8 Å². The van der Waals surface area contributed by atoms with Crippen molar-refractivity contribution in [3.63, 3.8) is 0 Å². The normalized spacial score (nSPS) is 10.2. The molecule has 132 valence electrons. The average Bonchev–Trinajstić information content (AvgIpc) is 3.12. The predicted molar refractivity (Wildman–Crippen MR) is 102 cm³/mol. The van der Waals surface area contributed by atoms with Crippen LogP contribution in [0.1, 0.15) is 27.6 Å². The van der Waals surface area contributed by atoms with Gasteiger partial charge in [-0.05, 0) is 42.6 Å². The van der Waals surface area contributed by atoms with Crippen LogP contribution in [0, 0.1) is 0 Å². The molecule has 7 heteroatoms. The molecule has 0 aliphatic heterocycles. The Balaban J connectivity index is 1.76. The molecule has 6 nitrogen and oxygen atoms in total. The zero-order valence-electron chi connectivity index (χ0n) is 14.1. The third-order valence-electron chi connectivity index (χ3n) is 3.51. The quantitative estimate of drug-likeness (QED) is 0.689. The van der Waals surface area contributed by atoms with Crippen LogP contribution < -0.4 is 15.4 Å². The van der Waals surface area contributed by atoms with Gasteiger partial charge in [0.25, 0.3) is 11.8 Å². The highest BCUT2D eigenvalue weighted by molar-refractivity contribution is 7.14. The maximum absolute atomic E-state index is 12.6. The molecule has 26 heavy (non-hydrogen) atoms. The van der Waals surface area contributed by atoms with Gasteiger partial charge in [-0.1, -0.05) is 12.1 Å². The minimum atomic E-state index is -0.316. The van der Waals surface area contributed by atoms with Gasteiger partial charge >= 0.3 is 0 Å². The second kappa shape index (κ2) is 8.26. The Morgan fingerprint density at radius 2 is 1.81 bits per heavy atom. The highest BCUT2D eigenvalue weighted by Gasteiger charge is 2.17. The minimum absolute atomic E-state index is 0.293. The van der Waals surface area contributed by atoms with E-state index in [9.17, 15) is 9.59 Å². The molecule has 3 rings (SSSR count). The first-order chi connectivity index (χ1) is 12.7. The lowest BCUT2D eigenvalue weighted by Crippen LogP contribution is -2.17. The number of ether oxygens (including phenoxy) is 1. The van der Waals surface area contributed by atoms with Crippen LogP contribution in [0.5, 0.6) is 5.75 Å². The Hall–Kier alpha value is -3.19. The van der Waals surface area contributed by atoms with Gasteiger partial charge in [0.2, 0.25) is 0 Å². The fraction of sp³-hybridized carbons (Fsp3) is 0.105. The maximum atomic E-state index is 12.6. The standard InChI is InChI=1S/C19H17N3O3S/c1-2-25-16-6-4-3-5-15(16)21-18(24)14-9-12-26-19(14)22-17(23)13-7-10-20-11-8-13/h3-12H,2H2,1H3,(H,21,24)(H,22,23). The zero-order valence-corrected chi connectivity index (χ0v) is 14.9. The molecule has 0 spiro atoms. The number of thiophene rings is 1. The molecule has 2 heterocycles. The van der Waals surface area contributed by atoms with E-state index >= 15 is 0 Å². The van der Waals surface area contributed by atoms with Gasteiger partial charge in [0.1, 0.15) is 10.8 Å². The van der Waals surface area contributed by atoms with Gasteiger partial charge in [0.05, 0.1) is 17.9 Å². The SMILES string of the molecule is CCOc1ccccc1NC(=O)c1ccsc1NC(=O)c1ccncc1. The summed E-state index contributed by atoms with van der Waals surface area (Å²) in [6, 6.07) is 12.1. The summed E-state index contributed by atoms with van der Waals surface area (Å²) in [7, 11) is 0. The van der Waals surface area contributed by atoms with Crippen molar-refractivity contribution in [3.8, 4) is 5.75 Å². The Morgan fingerprint density at radius 3 is 2.58 bits per heavy atom. The molecule has 0 saturated carbocycles. The molecule has 0 unspecified atom stereocenters. The van der Waals surface area contributed by atoms with Gasteiger partial charge in [0.15, 0.2) is 0 Å². The average molecular weight is 367 g/mol. The fourth-order valence-electron chi connectivity index (χ4n) is 2.30. The number of pyridine rings is 1. The summed E-state index contributed by atoms with van der Waals surface area (Å²) < 4.78 is 5.52. The van der Waals surface area contributed by atoms with Gasteiger partial charge in [-0.3, -0.25) is 14.6 Å². The molecular weight excluding hydrogens is 350 g/mol. The van der Waals surface area contributed by atoms with Crippen LogP contribution in [0.25, 0.3) is 0 Å². The smallest absolute Gasteiger partial charge is 0.258 e. The number of nitrogens with zero attached hydrogens (tertiary/aromatic N) is 1. The third-order valence-corrected chi connectivity index (χ3v) is 4.34. The molecule has 0 saturated heterocycles. The number of benzene rings is 1. The predicted octanol–water partition coefficient (Wildman–Crippen LogP) is 4.05. The third kappa shape index (κ3) is 4.07. The van der Waals surface area contributed by atoms with Crippen molar-refractivity contribution in [2.24, 2.45) is 0 Å².